The molecule has 1 aliphatic rings. The number of carbonyl (C=O) groups is 2. The molecule has 0 spiro atoms. The molecule has 37 heavy (non-hydrogen) atoms. The first-order valence-electron chi connectivity index (χ1n) is 13.5. The van der Waals surface area contributed by atoms with E-state index in [1.807, 2.05) is 26.8 Å². The van der Waals surface area contributed by atoms with Gasteiger partial charge in [-0.15, -0.1) is 12.4 Å². The van der Waals surface area contributed by atoms with Crippen LogP contribution in [0.25, 0.3) is 0 Å². The summed E-state index contributed by atoms with van der Waals surface area (Å²) in [5, 5.41) is 3.13. The summed E-state index contributed by atoms with van der Waals surface area (Å²) in [6.45, 7) is 10.7. The Morgan fingerprint density at radius 2 is 1.73 bits per heavy atom. The number of carbonyl (C=O) groups excluding carboxylic acids is 2. The molecular weight excluding hydrogens is 488 g/mol. The van der Waals surface area contributed by atoms with E-state index in [0.29, 0.717) is 12.5 Å². The van der Waals surface area contributed by atoms with Crippen LogP contribution in [0, 0.1) is 11.8 Å². The van der Waals surface area contributed by atoms with Gasteiger partial charge in [0.15, 0.2) is 0 Å². The number of nitrogens with zero attached hydrogens (tertiary/aromatic N) is 3. The molecule has 0 saturated heterocycles. The number of rotatable bonds is 12. The summed E-state index contributed by atoms with van der Waals surface area (Å²) in [5.41, 5.74) is 1.40. The zero-order valence-corrected chi connectivity index (χ0v) is 24.6. The number of esters is 1. The van der Waals surface area contributed by atoms with Gasteiger partial charge in [-0.2, -0.15) is 0 Å². The molecule has 1 amide bonds. The lowest BCUT2D eigenvalue weighted by Crippen LogP contribution is -2.39. The molecule has 2 rings (SSSR count). The maximum absolute atomic E-state index is 12.4. The molecular formula is C29H49ClN4O3. The summed E-state index contributed by atoms with van der Waals surface area (Å²) in [4.78, 5) is 34.4. The fraction of sp³-hybridized carbons (Fsp3) is 0.690. The molecule has 8 heteroatoms. The number of benzene rings is 1. The number of hydrogen-bond acceptors (Lipinski definition) is 6. The van der Waals surface area contributed by atoms with Crippen LogP contribution in [0.1, 0.15) is 77.7 Å². The second-order valence-corrected chi connectivity index (χ2v) is 9.95. The Hall–Kier alpha value is -2.21. The van der Waals surface area contributed by atoms with Gasteiger partial charge in [0.2, 0.25) is 5.91 Å². The smallest absolute Gasteiger partial charge is 0.309 e. The molecule has 1 saturated carbocycles. The third-order valence-electron chi connectivity index (χ3n) is 6.34. The fourth-order valence-electron chi connectivity index (χ4n) is 4.26. The highest BCUT2D eigenvalue weighted by Gasteiger charge is 2.28. The van der Waals surface area contributed by atoms with Gasteiger partial charge in [-0.05, 0) is 84.0 Å². The number of ether oxygens (including phenoxy) is 1. The molecule has 0 aliphatic heterocycles. The SMILES string of the molecule is CCN=C=NCCCN(C)C.CCOC(=O)C(CC(=O)NC1CCC(c2ccccc2)CC1)C(C)C.Cl. The second-order valence-electron chi connectivity index (χ2n) is 9.95. The normalized spacial score (nSPS) is 17.4. The van der Waals surface area contributed by atoms with Crippen molar-refractivity contribution in [1.82, 2.24) is 10.2 Å². The molecule has 210 valence electrons. The van der Waals surface area contributed by atoms with Crippen molar-refractivity contribution in [2.45, 2.75) is 78.2 Å². The molecule has 1 unspecified atom stereocenters. The number of amides is 1. The molecule has 1 aromatic rings. The number of hydrogen-bond donors (Lipinski definition) is 1. The average Bonchev–Trinajstić information content (AvgIpc) is 2.86. The van der Waals surface area contributed by atoms with Crippen molar-refractivity contribution in [3.05, 3.63) is 35.9 Å². The van der Waals surface area contributed by atoms with E-state index in [4.69, 9.17) is 4.74 Å². The Labute approximate surface area is 231 Å². The van der Waals surface area contributed by atoms with Gasteiger partial charge in [0.05, 0.1) is 25.1 Å². The average molecular weight is 537 g/mol. The van der Waals surface area contributed by atoms with Crippen LogP contribution < -0.4 is 5.32 Å². The summed E-state index contributed by atoms with van der Waals surface area (Å²) in [6.07, 6.45) is 5.49. The molecule has 0 bridgehead atoms. The van der Waals surface area contributed by atoms with E-state index >= 15 is 0 Å². The predicted octanol–water partition coefficient (Wildman–Crippen LogP) is 5.61. The molecule has 0 aromatic heterocycles. The lowest BCUT2D eigenvalue weighted by atomic mass is 9.81. The Balaban J connectivity index is 0.000000918. The second kappa shape index (κ2) is 20.8. The lowest BCUT2D eigenvalue weighted by Gasteiger charge is -2.30. The van der Waals surface area contributed by atoms with Crippen molar-refractivity contribution in [2.75, 3.05) is 40.3 Å². The van der Waals surface area contributed by atoms with Gasteiger partial charge in [0.25, 0.3) is 0 Å². The van der Waals surface area contributed by atoms with E-state index in [2.05, 4.69) is 64.6 Å². The molecule has 1 fully saturated rings. The lowest BCUT2D eigenvalue weighted by molar-refractivity contribution is -0.151. The molecule has 0 heterocycles. The topological polar surface area (TPSA) is 83.4 Å². The van der Waals surface area contributed by atoms with Crippen molar-refractivity contribution in [2.24, 2.45) is 21.8 Å². The van der Waals surface area contributed by atoms with Gasteiger partial charge in [-0.25, -0.2) is 9.98 Å². The van der Waals surface area contributed by atoms with Crippen LogP contribution in [0.2, 0.25) is 0 Å². The standard InChI is InChI=1S/C21H31NO3.C8H17N3.ClH/c1-4-25-21(24)19(15(2)3)14-20(23)22-18-12-10-17(11-13-18)16-8-6-5-7-9-16;1-4-9-8-10-6-5-7-11(2)3;/h5-9,15,17-19H,4,10-14H2,1-3H3,(H,22,23);4-7H2,1-3H3;1H. The highest BCUT2D eigenvalue weighted by atomic mass is 35.5. The van der Waals surface area contributed by atoms with Gasteiger partial charge in [0, 0.05) is 19.0 Å². The Bertz CT molecular complexity index is 803. The van der Waals surface area contributed by atoms with Crippen molar-refractivity contribution < 1.29 is 14.3 Å². The number of nitrogens with one attached hydrogen (secondary N) is 1. The summed E-state index contributed by atoms with van der Waals surface area (Å²) >= 11 is 0. The van der Waals surface area contributed by atoms with E-state index in [1.54, 1.807) is 6.92 Å². The van der Waals surface area contributed by atoms with Crippen molar-refractivity contribution >= 4 is 30.3 Å². The highest BCUT2D eigenvalue weighted by molar-refractivity contribution is 5.85. The highest BCUT2D eigenvalue weighted by Crippen LogP contribution is 2.32. The summed E-state index contributed by atoms with van der Waals surface area (Å²) in [6, 6.07) is 13.5. The van der Waals surface area contributed by atoms with Crippen molar-refractivity contribution in [3.63, 3.8) is 0 Å². The first-order valence-corrected chi connectivity index (χ1v) is 13.5. The zero-order chi connectivity index (χ0) is 26.8. The van der Waals surface area contributed by atoms with E-state index in [1.165, 1.54) is 5.56 Å². The van der Waals surface area contributed by atoms with Crippen molar-refractivity contribution in [1.29, 1.82) is 0 Å². The molecule has 1 aliphatic carbocycles. The maximum atomic E-state index is 12.4. The predicted molar refractivity (Wildman–Crippen MR) is 155 cm³/mol. The molecule has 0 radical (unpaired) electrons. The number of aliphatic imine (C=N–C) groups is 2. The van der Waals surface area contributed by atoms with E-state index in [9.17, 15) is 9.59 Å². The summed E-state index contributed by atoms with van der Waals surface area (Å²) in [5.74, 6) is 0.0341. The van der Waals surface area contributed by atoms with Crippen LogP contribution in [0.3, 0.4) is 0 Å². The van der Waals surface area contributed by atoms with Crippen LogP contribution in [0.4, 0.5) is 0 Å². The van der Waals surface area contributed by atoms with Gasteiger partial charge in [-0.1, -0.05) is 44.2 Å². The summed E-state index contributed by atoms with van der Waals surface area (Å²) < 4.78 is 5.10. The number of halogens is 1. The van der Waals surface area contributed by atoms with Gasteiger partial charge in [-0.3, -0.25) is 9.59 Å². The van der Waals surface area contributed by atoms with E-state index < -0.39 is 0 Å². The fourth-order valence-corrected chi connectivity index (χ4v) is 4.26. The monoisotopic (exact) mass is 536 g/mol. The summed E-state index contributed by atoms with van der Waals surface area (Å²) in [7, 11) is 4.12. The van der Waals surface area contributed by atoms with E-state index in [-0.39, 0.29) is 48.6 Å². The third kappa shape index (κ3) is 15.6. The van der Waals surface area contributed by atoms with Crippen LogP contribution in [-0.4, -0.2) is 69.2 Å². The van der Waals surface area contributed by atoms with Crippen LogP contribution in [0.15, 0.2) is 40.3 Å². The zero-order valence-electron chi connectivity index (χ0n) is 23.7. The third-order valence-corrected chi connectivity index (χ3v) is 6.34. The minimum absolute atomic E-state index is 0. The Morgan fingerprint density at radius 3 is 2.27 bits per heavy atom. The van der Waals surface area contributed by atoms with Crippen LogP contribution in [0.5, 0.6) is 0 Å². The minimum Gasteiger partial charge on any atom is -0.466 e. The first-order chi connectivity index (χ1) is 17.3. The molecule has 1 aromatic carbocycles. The van der Waals surface area contributed by atoms with Gasteiger partial charge in [0.1, 0.15) is 0 Å². The van der Waals surface area contributed by atoms with E-state index in [0.717, 1.165) is 51.7 Å². The largest absolute Gasteiger partial charge is 0.466 e. The molecule has 7 nitrogen and oxygen atoms in total. The first kappa shape index (κ1) is 34.8. The Morgan fingerprint density at radius 1 is 1.08 bits per heavy atom. The quantitative estimate of drug-likeness (QED) is 0.214. The van der Waals surface area contributed by atoms with Crippen molar-refractivity contribution in [3.8, 4) is 0 Å². The minimum atomic E-state index is -0.361. The molecule has 1 atom stereocenters. The Kier molecular flexibility index (Phi) is 19.6. The molecule has 1 N–H and O–H groups in total. The van der Waals surface area contributed by atoms with Gasteiger partial charge >= 0.3 is 5.97 Å². The maximum Gasteiger partial charge on any atom is 0.309 e. The van der Waals surface area contributed by atoms with Crippen LogP contribution in [-0.2, 0) is 14.3 Å². The van der Waals surface area contributed by atoms with Gasteiger partial charge < -0.3 is 15.0 Å². The van der Waals surface area contributed by atoms with Crippen LogP contribution >= 0.6 is 12.4 Å².